The number of nitrogens with zero attached hydrogens (tertiary/aromatic N) is 1. The summed E-state index contributed by atoms with van der Waals surface area (Å²) in [5.74, 6) is -6.06. The Labute approximate surface area is 238 Å². The molecule has 7 nitrogen and oxygen atoms in total. The third-order valence-corrected chi connectivity index (χ3v) is 7.03. The quantitative estimate of drug-likeness (QED) is 0.208. The molecule has 1 atom stereocenters. The Bertz CT molecular complexity index is 1450. The lowest BCUT2D eigenvalue weighted by Crippen LogP contribution is -2.43. The molecule has 218 valence electrons. The van der Waals surface area contributed by atoms with Crippen molar-refractivity contribution >= 4 is 47.1 Å². The van der Waals surface area contributed by atoms with Gasteiger partial charge in [-0.15, -0.1) is 0 Å². The van der Waals surface area contributed by atoms with Crippen LogP contribution in [0.5, 0.6) is 11.5 Å². The lowest BCUT2D eigenvalue weighted by molar-refractivity contribution is -0.137. The monoisotopic (exact) mass is 619 g/mol. The molecule has 3 aromatic carbocycles. The topological polar surface area (TPSA) is 87.7 Å². The third kappa shape index (κ3) is 7.64. The number of halogens is 7. The molecule has 1 unspecified atom stereocenters. The Morgan fingerprint density at radius 3 is 2.20 bits per heavy atom. The highest BCUT2D eigenvalue weighted by Crippen LogP contribution is 2.38. The first-order chi connectivity index (χ1) is 19.3. The van der Waals surface area contributed by atoms with Crippen LogP contribution in [0.2, 0.25) is 5.02 Å². The highest BCUT2D eigenvalue weighted by molar-refractivity contribution is 8.02. The van der Waals surface area contributed by atoms with Crippen molar-refractivity contribution in [1.29, 1.82) is 0 Å². The van der Waals surface area contributed by atoms with Crippen LogP contribution in [0.3, 0.4) is 0 Å². The zero-order valence-electron chi connectivity index (χ0n) is 21.1. The van der Waals surface area contributed by atoms with E-state index in [1.54, 1.807) is 12.2 Å². The van der Waals surface area contributed by atoms with Gasteiger partial charge in [0.25, 0.3) is 5.91 Å². The molecule has 0 aromatic heterocycles. The van der Waals surface area contributed by atoms with Crippen LogP contribution in [-0.4, -0.2) is 30.1 Å². The second-order valence-corrected chi connectivity index (χ2v) is 9.68. The van der Waals surface area contributed by atoms with Crippen LogP contribution in [0.15, 0.2) is 54.6 Å². The molecule has 0 spiro atoms. The van der Waals surface area contributed by atoms with E-state index in [9.17, 15) is 36.3 Å². The molecule has 0 radical (unpaired) electrons. The maximum absolute atomic E-state index is 15.3. The van der Waals surface area contributed by atoms with Gasteiger partial charge in [0.15, 0.2) is 5.82 Å². The van der Waals surface area contributed by atoms with E-state index in [1.165, 1.54) is 7.05 Å². The zero-order chi connectivity index (χ0) is 30.5. The van der Waals surface area contributed by atoms with E-state index in [4.69, 9.17) is 16.3 Å². The minimum atomic E-state index is -4.65. The fourth-order valence-electron chi connectivity index (χ4n) is 3.34. The average Bonchev–Trinajstić information content (AvgIpc) is 2.90. The molecule has 0 aliphatic rings. The number of amides is 4. The minimum absolute atomic E-state index is 0.152. The van der Waals surface area contributed by atoms with E-state index >= 15 is 4.39 Å². The molecule has 0 saturated heterocycles. The summed E-state index contributed by atoms with van der Waals surface area (Å²) in [6, 6.07) is 6.52. The van der Waals surface area contributed by atoms with Crippen LogP contribution < -0.4 is 19.7 Å². The van der Waals surface area contributed by atoms with Gasteiger partial charge in [-0.3, -0.25) is 14.9 Å². The van der Waals surface area contributed by atoms with Crippen molar-refractivity contribution in [1.82, 2.24) is 10.6 Å². The van der Waals surface area contributed by atoms with E-state index < -0.39 is 68.6 Å². The number of benzene rings is 3. The SMILES string of the molecule is CCC(SN(C(=O)NC(=O)c1c(F)cccc1F)c1ccc(Oc2ccc(C(F)(F)F)cc2Cl)cc1F)C(=O)NC. The molecule has 0 saturated carbocycles. The van der Waals surface area contributed by atoms with Crippen molar-refractivity contribution in [3.63, 3.8) is 0 Å². The molecule has 2 N–H and O–H groups in total. The normalized spacial score (nSPS) is 11.9. The number of hydrogen-bond donors (Lipinski definition) is 2. The number of rotatable bonds is 8. The van der Waals surface area contributed by atoms with Gasteiger partial charge in [0.2, 0.25) is 5.91 Å². The van der Waals surface area contributed by atoms with Gasteiger partial charge in [0, 0.05) is 13.1 Å². The molecular weight excluding hydrogens is 600 g/mol. The van der Waals surface area contributed by atoms with Gasteiger partial charge in [-0.2, -0.15) is 13.2 Å². The second kappa shape index (κ2) is 13.2. The molecule has 0 heterocycles. The van der Waals surface area contributed by atoms with Crippen molar-refractivity contribution in [2.24, 2.45) is 0 Å². The van der Waals surface area contributed by atoms with E-state index in [-0.39, 0.29) is 17.9 Å². The van der Waals surface area contributed by atoms with Crippen LogP contribution in [0.4, 0.5) is 36.8 Å². The summed E-state index contributed by atoms with van der Waals surface area (Å²) >= 11 is 6.40. The lowest BCUT2D eigenvalue weighted by atomic mass is 10.2. The molecule has 0 fully saturated rings. The Balaban J connectivity index is 1.93. The maximum Gasteiger partial charge on any atom is 0.416 e. The maximum atomic E-state index is 15.3. The van der Waals surface area contributed by atoms with Crippen molar-refractivity contribution in [2.45, 2.75) is 24.8 Å². The second-order valence-electron chi connectivity index (χ2n) is 8.13. The number of anilines is 1. The van der Waals surface area contributed by atoms with E-state index in [2.05, 4.69) is 5.32 Å². The van der Waals surface area contributed by atoms with Crippen molar-refractivity contribution in [3.8, 4) is 11.5 Å². The van der Waals surface area contributed by atoms with Gasteiger partial charge < -0.3 is 10.1 Å². The molecule has 0 aliphatic heterocycles. The van der Waals surface area contributed by atoms with E-state index in [0.29, 0.717) is 28.4 Å². The Kier molecular flexibility index (Phi) is 10.2. The first-order valence-corrected chi connectivity index (χ1v) is 12.8. The first kappa shape index (κ1) is 31.6. The predicted octanol–water partition coefficient (Wildman–Crippen LogP) is 7.10. The summed E-state index contributed by atoms with van der Waals surface area (Å²) in [5.41, 5.74) is -2.56. The summed E-state index contributed by atoms with van der Waals surface area (Å²) < 4.78 is 88.1. The average molecular weight is 620 g/mol. The summed E-state index contributed by atoms with van der Waals surface area (Å²) in [6.45, 7) is 1.60. The van der Waals surface area contributed by atoms with Gasteiger partial charge in [0.1, 0.15) is 33.9 Å². The van der Waals surface area contributed by atoms with Gasteiger partial charge in [0.05, 0.1) is 16.3 Å². The Morgan fingerprint density at radius 2 is 1.66 bits per heavy atom. The fraction of sp³-hybridized carbons (Fsp3) is 0.192. The van der Waals surface area contributed by atoms with Crippen molar-refractivity contribution < 1.29 is 45.5 Å². The van der Waals surface area contributed by atoms with Crippen molar-refractivity contribution in [2.75, 3.05) is 11.4 Å². The standard InChI is InChI=1S/C26H20ClF6N3O4S/c1-3-21(23(37)34-2)41-36(25(39)35-24(38)22-16(28)5-4-6-17(22)29)19-9-8-14(12-18(19)30)40-20-10-7-13(11-15(20)27)26(31,32)33/h4-12,21H,3H2,1-2H3,(H,34,37)(H,35,38,39). The number of imide groups is 1. The van der Waals surface area contributed by atoms with Gasteiger partial charge in [-0.1, -0.05) is 24.6 Å². The van der Waals surface area contributed by atoms with Gasteiger partial charge >= 0.3 is 12.2 Å². The highest BCUT2D eigenvalue weighted by Gasteiger charge is 2.32. The number of ether oxygens (including phenoxy) is 1. The van der Waals surface area contributed by atoms with E-state index in [0.717, 1.165) is 42.5 Å². The number of hydrogen-bond acceptors (Lipinski definition) is 5. The van der Waals surface area contributed by atoms with E-state index in [1.807, 2.05) is 0 Å². The highest BCUT2D eigenvalue weighted by atomic mass is 35.5. The van der Waals surface area contributed by atoms with Crippen LogP contribution in [0, 0.1) is 17.5 Å². The number of carbonyl (C=O) groups excluding carboxylic acids is 3. The minimum Gasteiger partial charge on any atom is -0.456 e. The number of urea groups is 1. The molecular formula is C26H20ClF6N3O4S. The third-order valence-electron chi connectivity index (χ3n) is 5.36. The molecule has 3 aromatic rings. The molecule has 41 heavy (non-hydrogen) atoms. The van der Waals surface area contributed by atoms with Crippen LogP contribution in [0.1, 0.15) is 29.3 Å². The molecule has 3 rings (SSSR count). The summed E-state index contributed by atoms with van der Waals surface area (Å²) in [5, 5.41) is 2.79. The first-order valence-electron chi connectivity index (χ1n) is 11.6. The van der Waals surface area contributed by atoms with Gasteiger partial charge in [-0.25, -0.2) is 22.3 Å². The predicted molar refractivity (Wildman–Crippen MR) is 140 cm³/mol. The Morgan fingerprint density at radius 1 is 1.00 bits per heavy atom. The lowest BCUT2D eigenvalue weighted by Gasteiger charge is -2.25. The van der Waals surface area contributed by atoms with Crippen LogP contribution >= 0.6 is 23.5 Å². The van der Waals surface area contributed by atoms with Crippen LogP contribution in [0.25, 0.3) is 0 Å². The Hall–Kier alpha value is -3.91. The molecule has 0 bridgehead atoms. The summed E-state index contributed by atoms with van der Waals surface area (Å²) in [4.78, 5) is 37.9. The smallest absolute Gasteiger partial charge is 0.416 e. The summed E-state index contributed by atoms with van der Waals surface area (Å²) in [6.07, 6.45) is -4.50. The number of alkyl halides is 3. The largest absolute Gasteiger partial charge is 0.456 e. The summed E-state index contributed by atoms with van der Waals surface area (Å²) in [7, 11) is 1.33. The molecule has 4 amide bonds. The molecule has 0 aliphatic carbocycles. The van der Waals surface area contributed by atoms with Crippen molar-refractivity contribution in [3.05, 3.63) is 88.2 Å². The number of carbonyl (C=O) groups is 3. The zero-order valence-corrected chi connectivity index (χ0v) is 22.7. The molecule has 15 heteroatoms. The number of nitrogens with one attached hydrogen (secondary N) is 2. The van der Waals surface area contributed by atoms with Gasteiger partial charge in [-0.05, 0) is 60.8 Å². The van der Waals surface area contributed by atoms with Crippen LogP contribution in [-0.2, 0) is 11.0 Å². The fourth-order valence-corrected chi connectivity index (χ4v) is 4.58.